The van der Waals surface area contributed by atoms with E-state index in [1.54, 1.807) is 68.5 Å². The molecule has 0 saturated carbocycles. The normalized spacial score (nSPS) is 14.6. The molecule has 1 aromatic heterocycles. The standard InChI is InChI=1S/C32H27BrClFN2O6S/c1-5-42-31(39)28-17(2)36-32-37(29(28)21-14-25(40-3)26(41-4)15-22(21)33)30(38)27(44-32)13-19-12-20(34)10-11-24(19)43-16-18-8-6-7-9-23(18)35/h6-15,29H,5,16H2,1-4H3/b27-13-/t29-/m0/s1. The lowest BCUT2D eigenvalue weighted by Gasteiger charge is -2.26. The van der Waals surface area contributed by atoms with Crippen LogP contribution in [0.25, 0.3) is 6.08 Å². The van der Waals surface area contributed by atoms with Crippen molar-refractivity contribution >= 4 is 50.9 Å². The van der Waals surface area contributed by atoms with E-state index in [0.29, 0.717) is 58.5 Å². The zero-order valence-electron chi connectivity index (χ0n) is 24.2. The van der Waals surface area contributed by atoms with Crippen LogP contribution in [0, 0.1) is 5.82 Å². The number of thiazole rings is 1. The Hall–Kier alpha value is -3.93. The quantitative estimate of drug-likeness (QED) is 0.201. The zero-order valence-corrected chi connectivity index (χ0v) is 27.3. The topological polar surface area (TPSA) is 88.4 Å². The molecule has 0 radical (unpaired) electrons. The number of esters is 1. The van der Waals surface area contributed by atoms with Gasteiger partial charge in [0.15, 0.2) is 16.3 Å². The summed E-state index contributed by atoms with van der Waals surface area (Å²) in [5.41, 5.74) is 1.72. The van der Waals surface area contributed by atoms with Gasteiger partial charge in [-0.1, -0.05) is 57.1 Å². The van der Waals surface area contributed by atoms with E-state index in [4.69, 9.17) is 30.5 Å². The summed E-state index contributed by atoms with van der Waals surface area (Å²) in [6.07, 6.45) is 1.65. The minimum atomic E-state index is -0.891. The minimum Gasteiger partial charge on any atom is -0.493 e. The highest BCUT2D eigenvalue weighted by molar-refractivity contribution is 9.10. The second-order valence-corrected chi connectivity index (χ2v) is 11.9. The summed E-state index contributed by atoms with van der Waals surface area (Å²) in [6.45, 7) is 3.54. The highest BCUT2D eigenvalue weighted by atomic mass is 79.9. The molecule has 228 valence electrons. The molecule has 5 rings (SSSR count). The molecule has 44 heavy (non-hydrogen) atoms. The molecule has 0 N–H and O–H groups in total. The molecule has 3 aromatic carbocycles. The van der Waals surface area contributed by atoms with E-state index in [0.717, 1.165) is 11.3 Å². The maximum Gasteiger partial charge on any atom is 0.338 e. The van der Waals surface area contributed by atoms with Crippen molar-refractivity contribution in [2.24, 2.45) is 4.99 Å². The van der Waals surface area contributed by atoms with Crippen LogP contribution in [0.1, 0.15) is 36.6 Å². The van der Waals surface area contributed by atoms with Gasteiger partial charge in [0.1, 0.15) is 18.2 Å². The number of methoxy groups -OCH3 is 2. The Morgan fingerprint density at radius 2 is 1.84 bits per heavy atom. The van der Waals surface area contributed by atoms with E-state index < -0.39 is 17.6 Å². The van der Waals surface area contributed by atoms with Crippen molar-refractivity contribution in [1.82, 2.24) is 4.57 Å². The van der Waals surface area contributed by atoms with E-state index in [1.165, 1.54) is 24.9 Å². The van der Waals surface area contributed by atoms with Gasteiger partial charge in [-0.3, -0.25) is 9.36 Å². The van der Waals surface area contributed by atoms with Crippen molar-refractivity contribution in [1.29, 1.82) is 0 Å². The molecular weight excluding hydrogens is 675 g/mol. The van der Waals surface area contributed by atoms with Gasteiger partial charge < -0.3 is 18.9 Å². The van der Waals surface area contributed by atoms with E-state index in [2.05, 4.69) is 20.9 Å². The van der Waals surface area contributed by atoms with Crippen LogP contribution < -0.4 is 29.1 Å². The molecular formula is C32H27BrClFN2O6S. The molecule has 0 bridgehead atoms. The number of carbonyl (C=O) groups is 1. The number of rotatable bonds is 9. The number of fused-ring (bicyclic) bond motifs is 1. The lowest BCUT2D eigenvalue weighted by molar-refractivity contribution is -0.139. The van der Waals surface area contributed by atoms with Gasteiger partial charge in [-0.25, -0.2) is 14.2 Å². The fraction of sp³-hybridized carbons (Fsp3) is 0.219. The summed E-state index contributed by atoms with van der Waals surface area (Å²) >= 11 is 11.1. The molecule has 0 amide bonds. The number of hydrogen-bond acceptors (Lipinski definition) is 8. The second kappa shape index (κ2) is 13.4. The van der Waals surface area contributed by atoms with Gasteiger partial charge in [-0.15, -0.1) is 0 Å². The molecule has 4 aromatic rings. The van der Waals surface area contributed by atoms with Crippen LogP contribution in [0.3, 0.4) is 0 Å². The van der Waals surface area contributed by atoms with Crippen LogP contribution in [0.15, 0.2) is 80.1 Å². The molecule has 8 nitrogen and oxygen atoms in total. The number of ether oxygens (including phenoxy) is 4. The van der Waals surface area contributed by atoms with Gasteiger partial charge in [-0.05, 0) is 61.9 Å². The maximum atomic E-state index is 14.2. The van der Waals surface area contributed by atoms with Crippen molar-refractivity contribution in [2.45, 2.75) is 26.5 Å². The zero-order chi connectivity index (χ0) is 31.5. The number of aromatic nitrogens is 1. The Morgan fingerprint density at radius 3 is 2.55 bits per heavy atom. The first-order chi connectivity index (χ1) is 21.2. The number of carbonyl (C=O) groups excluding carboxylic acids is 1. The number of benzene rings is 3. The van der Waals surface area contributed by atoms with Crippen molar-refractivity contribution in [2.75, 3.05) is 20.8 Å². The first-order valence-corrected chi connectivity index (χ1v) is 15.4. The monoisotopic (exact) mass is 700 g/mol. The van der Waals surface area contributed by atoms with Crippen LogP contribution >= 0.6 is 38.9 Å². The lowest BCUT2D eigenvalue weighted by atomic mass is 9.95. The van der Waals surface area contributed by atoms with Crippen LogP contribution in [0.2, 0.25) is 5.02 Å². The van der Waals surface area contributed by atoms with E-state index in [9.17, 15) is 14.0 Å². The third kappa shape index (κ3) is 6.17. The SMILES string of the molecule is CCOC(=O)C1=C(C)N=c2s/c(=C\c3cc(Cl)ccc3OCc3ccccc3F)c(=O)n2[C@H]1c1cc(OC)c(OC)cc1Br. The molecule has 1 atom stereocenters. The molecule has 0 saturated heterocycles. The smallest absolute Gasteiger partial charge is 0.338 e. The van der Waals surface area contributed by atoms with Crippen LogP contribution in [-0.4, -0.2) is 31.4 Å². The summed E-state index contributed by atoms with van der Waals surface area (Å²) in [5, 5.41) is 0.426. The minimum absolute atomic E-state index is 0.0220. The molecule has 0 unspecified atom stereocenters. The van der Waals surface area contributed by atoms with E-state index >= 15 is 0 Å². The van der Waals surface area contributed by atoms with Crippen molar-refractivity contribution in [3.05, 3.63) is 118 Å². The highest BCUT2D eigenvalue weighted by Crippen LogP contribution is 2.40. The summed E-state index contributed by atoms with van der Waals surface area (Å²) in [4.78, 5) is 32.5. The maximum absolute atomic E-state index is 14.2. The first kappa shape index (κ1) is 31.5. The third-order valence-corrected chi connectivity index (χ3v) is 8.82. The largest absolute Gasteiger partial charge is 0.493 e. The Balaban J connectivity index is 1.68. The first-order valence-electron chi connectivity index (χ1n) is 13.4. The average molecular weight is 702 g/mol. The Morgan fingerprint density at radius 1 is 1.11 bits per heavy atom. The van der Waals surface area contributed by atoms with Gasteiger partial charge in [0, 0.05) is 20.6 Å². The third-order valence-electron chi connectivity index (χ3n) is 6.91. The predicted octanol–water partition coefficient (Wildman–Crippen LogP) is 5.95. The summed E-state index contributed by atoms with van der Waals surface area (Å²) in [5.74, 6) is 0.323. The van der Waals surface area contributed by atoms with Crippen LogP contribution in [0.5, 0.6) is 17.2 Å². The van der Waals surface area contributed by atoms with Crippen molar-refractivity contribution < 1.29 is 28.1 Å². The van der Waals surface area contributed by atoms with Crippen molar-refractivity contribution in [3.63, 3.8) is 0 Å². The molecule has 12 heteroatoms. The number of hydrogen-bond donors (Lipinski definition) is 0. The highest BCUT2D eigenvalue weighted by Gasteiger charge is 2.35. The number of halogens is 3. The molecule has 0 aliphatic carbocycles. The molecule has 1 aliphatic rings. The van der Waals surface area contributed by atoms with Gasteiger partial charge in [0.2, 0.25) is 0 Å². The van der Waals surface area contributed by atoms with Gasteiger partial charge in [0.25, 0.3) is 5.56 Å². The van der Waals surface area contributed by atoms with E-state index in [1.807, 2.05) is 0 Å². The van der Waals surface area contributed by atoms with Gasteiger partial charge >= 0.3 is 5.97 Å². The summed E-state index contributed by atoms with van der Waals surface area (Å²) < 4.78 is 38.9. The van der Waals surface area contributed by atoms with Crippen LogP contribution in [0.4, 0.5) is 4.39 Å². The fourth-order valence-electron chi connectivity index (χ4n) is 4.84. The molecule has 0 spiro atoms. The molecule has 2 heterocycles. The average Bonchev–Trinajstić information content (AvgIpc) is 3.30. The molecule has 0 fully saturated rings. The van der Waals surface area contributed by atoms with Crippen LogP contribution in [-0.2, 0) is 16.1 Å². The van der Waals surface area contributed by atoms with Crippen molar-refractivity contribution in [3.8, 4) is 17.2 Å². The fourth-order valence-corrected chi connectivity index (χ4v) is 6.60. The predicted molar refractivity (Wildman–Crippen MR) is 170 cm³/mol. The summed E-state index contributed by atoms with van der Waals surface area (Å²) in [6, 6.07) is 13.9. The Bertz CT molecular complexity index is 1970. The number of allylic oxidation sites excluding steroid dienone is 1. The lowest BCUT2D eigenvalue weighted by Crippen LogP contribution is -2.40. The van der Waals surface area contributed by atoms with Gasteiger partial charge in [-0.2, -0.15) is 0 Å². The van der Waals surface area contributed by atoms with E-state index in [-0.39, 0.29) is 24.6 Å². The number of nitrogens with zero attached hydrogens (tertiary/aromatic N) is 2. The summed E-state index contributed by atoms with van der Waals surface area (Å²) in [7, 11) is 3.02. The molecule has 1 aliphatic heterocycles. The van der Waals surface area contributed by atoms with Gasteiger partial charge in [0.05, 0.1) is 42.7 Å². The second-order valence-electron chi connectivity index (χ2n) is 9.59. The Labute approximate surface area is 269 Å². The Kier molecular flexibility index (Phi) is 9.57.